The lowest BCUT2D eigenvalue weighted by Gasteiger charge is -2.19. The molecule has 142 valence electrons. The second-order valence-electron chi connectivity index (χ2n) is 6.81. The maximum Gasteiger partial charge on any atom is 0.310 e. The Kier molecular flexibility index (Phi) is 6.40. The molecule has 8 heteroatoms. The van der Waals surface area contributed by atoms with E-state index in [1.807, 2.05) is 6.92 Å². The van der Waals surface area contributed by atoms with Crippen molar-refractivity contribution in [1.29, 1.82) is 0 Å². The smallest absolute Gasteiger partial charge is 0.310 e. The van der Waals surface area contributed by atoms with E-state index in [9.17, 15) is 29.7 Å². The van der Waals surface area contributed by atoms with E-state index in [1.165, 1.54) is 0 Å². The van der Waals surface area contributed by atoms with Crippen LogP contribution in [0.15, 0.2) is 0 Å². The fourth-order valence-electron chi connectivity index (χ4n) is 4.09. The monoisotopic (exact) mass is 358 g/mol. The lowest BCUT2D eigenvalue weighted by atomic mass is 9.84. The fraction of sp³-hybridized carbons (Fsp3) is 0.824. The van der Waals surface area contributed by atoms with Gasteiger partial charge in [0, 0.05) is 0 Å². The van der Waals surface area contributed by atoms with Crippen LogP contribution in [0.2, 0.25) is 0 Å². The number of hydrogen-bond donors (Lipinski definition) is 3. The van der Waals surface area contributed by atoms with Crippen molar-refractivity contribution in [3.8, 4) is 0 Å². The average Bonchev–Trinajstić information content (AvgIpc) is 3.13. The molecule has 8 nitrogen and oxygen atoms in total. The third-order valence-electron chi connectivity index (χ3n) is 5.34. The first-order valence-electron chi connectivity index (χ1n) is 8.79. The molecule has 3 N–H and O–H groups in total. The number of rotatable bonds is 8. The Labute approximate surface area is 146 Å². The average molecular weight is 358 g/mol. The highest BCUT2D eigenvalue weighted by Crippen LogP contribution is 2.39. The van der Waals surface area contributed by atoms with Gasteiger partial charge in [-0.3, -0.25) is 14.4 Å². The van der Waals surface area contributed by atoms with Crippen LogP contribution in [0.1, 0.15) is 46.0 Å². The first kappa shape index (κ1) is 19.7. The van der Waals surface area contributed by atoms with Gasteiger partial charge in [-0.1, -0.05) is 13.8 Å². The molecular weight excluding hydrogens is 332 g/mol. The third-order valence-corrected chi connectivity index (χ3v) is 5.34. The predicted octanol–water partition coefficient (Wildman–Crippen LogP) is 1.61. The van der Waals surface area contributed by atoms with Crippen molar-refractivity contribution < 1.29 is 39.2 Å². The van der Waals surface area contributed by atoms with Gasteiger partial charge >= 0.3 is 17.9 Å². The normalized spacial score (nSPS) is 37.9. The van der Waals surface area contributed by atoms with Crippen LogP contribution < -0.4 is 0 Å². The fourth-order valence-corrected chi connectivity index (χ4v) is 4.09. The van der Waals surface area contributed by atoms with Gasteiger partial charge < -0.3 is 24.8 Å². The van der Waals surface area contributed by atoms with E-state index < -0.39 is 47.9 Å². The molecule has 7 atom stereocenters. The van der Waals surface area contributed by atoms with Gasteiger partial charge in [0.2, 0.25) is 0 Å². The third kappa shape index (κ3) is 4.12. The van der Waals surface area contributed by atoms with Crippen molar-refractivity contribution in [3.05, 3.63) is 0 Å². The van der Waals surface area contributed by atoms with Gasteiger partial charge in [0.05, 0.1) is 42.2 Å². The lowest BCUT2D eigenvalue weighted by molar-refractivity contribution is -0.153. The molecule has 0 aromatic rings. The molecule has 2 fully saturated rings. The standard InChI is InChI=1S/C17H26O8/c1-3-10-9(15(18)19)7-8(24-10)5-6-12-14(17(22)23)13(16(20)21)11(4-2)25-12/h8-14H,3-7H2,1-2H3,(H,18,19)(H,20,21)(H,22,23). The maximum absolute atomic E-state index is 11.6. The lowest BCUT2D eigenvalue weighted by Crippen LogP contribution is -2.35. The first-order valence-corrected chi connectivity index (χ1v) is 8.79. The summed E-state index contributed by atoms with van der Waals surface area (Å²) in [7, 11) is 0. The number of carboxylic acid groups (broad SMARTS) is 3. The molecule has 0 aliphatic carbocycles. The Morgan fingerprint density at radius 2 is 1.36 bits per heavy atom. The minimum Gasteiger partial charge on any atom is -0.481 e. The van der Waals surface area contributed by atoms with Crippen molar-refractivity contribution in [2.45, 2.75) is 70.4 Å². The SMILES string of the molecule is CCC1OC(CCC2OC(CC)C(C(=O)O)C2C(=O)O)CC1C(=O)O. The minimum atomic E-state index is -1.17. The zero-order chi connectivity index (χ0) is 18.7. The van der Waals surface area contributed by atoms with Crippen LogP contribution in [0.3, 0.4) is 0 Å². The number of aliphatic carboxylic acids is 3. The second kappa shape index (κ2) is 8.14. The summed E-state index contributed by atoms with van der Waals surface area (Å²) in [4.78, 5) is 34.3. The van der Waals surface area contributed by atoms with E-state index in [-0.39, 0.29) is 12.2 Å². The first-order chi connectivity index (χ1) is 11.8. The van der Waals surface area contributed by atoms with Crippen LogP contribution in [-0.2, 0) is 23.9 Å². The molecule has 2 heterocycles. The molecule has 0 aromatic heterocycles. The van der Waals surface area contributed by atoms with Crippen LogP contribution in [0.25, 0.3) is 0 Å². The number of hydrogen-bond acceptors (Lipinski definition) is 5. The molecule has 7 unspecified atom stereocenters. The quantitative estimate of drug-likeness (QED) is 0.596. The summed E-state index contributed by atoms with van der Waals surface area (Å²) in [6.07, 6.45) is 0.283. The summed E-state index contributed by atoms with van der Waals surface area (Å²) in [5.74, 6) is -5.92. The summed E-state index contributed by atoms with van der Waals surface area (Å²) >= 11 is 0. The van der Waals surface area contributed by atoms with Crippen LogP contribution >= 0.6 is 0 Å². The molecule has 0 amide bonds. The van der Waals surface area contributed by atoms with Crippen molar-refractivity contribution >= 4 is 17.9 Å². The van der Waals surface area contributed by atoms with Crippen molar-refractivity contribution in [3.63, 3.8) is 0 Å². The Morgan fingerprint density at radius 1 is 0.800 bits per heavy atom. The van der Waals surface area contributed by atoms with Gasteiger partial charge in [-0.2, -0.15) is 0 Å². The topological polar surface area (TPSA) is 130 Å². The second-order valence-corrected chi connectivity index (χ2v) is 6.81. The molecule has 0 bridgehead atoms. The van der Waals surface area contributed by atoms with Gasteiger partial charge in [0.15, 0.2) is 0 Å². The van der Waals surface area contributed by atoms with Gasteiger partial charge in [-0.15, -0.1) is 0 Å². The molecule has 25 heavy (non-hydrogen) atoms. The Bertz CT molecular complexity index is 519. The highest BCUT2D eigenvalue weighted by atomic mass is 16.5. The van der Waals surface area contributed by atoms with Gasteiger partial charge in [-0.05, 0) is 32.1 Å². The van der Waals surface area contributed by atoms with Gasteiger partial charge in [-0.25, -0.2) is 0 Å². The van der Waals surface area contributed by atoms with Crippen LogP contribution in [-0.4, -0.2) is 57.6 Å². The Hall–Kier alpha value is -1.67. The van der Waals surface area contributed by atoms with Crippen molar-refractivity contribution in [2.75, 3.05) is 0 Å². The van der Waals surface area contributed by atoms with E-state index in [2.05, 4.69) is 0 Å². The van der Waals surface area contributed by atoms with E-state index in [0.29, 0.717) is 32.1 Å². The summed E-state index contributed by atoms with van der Waals surface area (Å²) in [6, 6.07) is 0. The molecule has 0 spiro atoms. The molecule has 0 aromatic carbocycles. The highest BCUT2D eigenvalue weighted by molar-refractivity contribution is 5.81. The summed E-state index contributed by atoms with van der Waals surface area (Å²) < 4.78 is 11.5. The van der Waals surface area contributed by atoms with Crippen molar-refractivity contribution in [1.82, 2.24) is 0 Å². The summed E-state index contributed by atoms with van der Waals surface area (Å²) in [5.41, 5.74) is 0. The molecular formula is C17H26O8. The predicted molar refractivity (Wildman–Crippen MR) is 85.1 cm³/mol. The number of ether oxygens (including phenoxy) is 2. The molecule has 2 rings (SSSR count). The van der Waals surface area contributed by atoms with Crippen LogP contribution in [0, 0.1) is 17.8 Å². The van der Waals surface area contributed by atoms with Gasteiger partial charge in [0.25, 0.3) is 0 Å². The van der Waals surface area contributed by atoms with E-state index in [1.54, 1.807) is 6.92 Å². The summed E-state index contributed by atoms with van der Waals surface area (Å²) in [5, 5.41) is 28.1. The van der Waals surface area contributed by atoms with E-state index >= 15 is 0 Å². The van der Waals surface area contributed by atoms with E-state index in [0.717, 1.165) is 0 Å². The van der Waals surface area contributed by atoms with Crippen LogP contribution in [0.4, 0.5) is 0 Å². The zero-order valence-electron chi connectivity index (χ0n) is 14.5. The molecule has 0 radical (unpaired) electrons. The highest BCUT2D eigenvalue weighted by Gasteiger charge is 2.51. The van der Waals surface area contributed by atoms with Crippen LogP contribution in [0.5, 0.6) is 0 Å². The summed E-state index contributed by atoms with van der Waals surface area (Å²) in [6.45, 7) is 3.64. The maximum atomic E-state index is 11.6. The number of carbonyl (C=O) groups is 3. The van der Waals surface area contributed by atoms with Gasteiger partial charge in [0.1, 0.15) is 0 Å². The van der Waals surface area contributed by atoms with Crippen molar-refractivity contribution in [2.24, 2.45) is 17.8 Å². The minimum absolute atomic E-state index is 0.270. The molecule has 2 aliphatic heterocycles. The largest absolute Gasteiger partial charge is 0.481 e. The van der Waals surface area contributed by atoms with E-state index in [4.69, 9.17) is 9.47 Å². The molecule has 2 aliphatic rings. The Morgan fingerprint density at radius 3 is 1.80 bits per heavy atom. The zero-order valence-corrected chi connectivity index (χ0v) is 14.5. The molecule has 0 saturated carbocycles. The number of carboxylic acids is 3. The Balaban J connectivity index is 2.01. The molecule has 2 saturated heterocycles.